The largest absolute Gasteiger partial charge is 0.206 e. The Labute approximate surface area is 72.8 Å². The number of rotatable bonds is 1. The van der Waals surface area contributed by atoms with Gasteiger partial charge < -0.3 is 0 Å². The van der Waals surface area contributed by atoms with E-state index in [9.17, 15) is 0 Å². The van der Waals surface area contributed by atoms with Gasteiger partial charge in [-0.2, -0.15) is 0 Å². The molecule has 1 atom stereocenters. The molecule has 0 N–H and O–H groups in total. The second kappa shape index (κ2) is 4.21. The first kappa shape index (κ1) is 8.48. The molecule has 70 valence electrons. The first-order chi connectivity index (χ1) is 5.97. The lowest BCUT2D eigenvalue weighted by atomic mass is 9.84. The summed E-state index contributed by atoms with van der Waals surface area (Å²) in [6.45, 7) is 0.682. The van der Waals surface area contributed by atoms with Gasteiger partial charge in [-0.3, -0.25) is 0 Å². The van der Waals surface area contributed by atoms with E-state index in [1.165, 1.54) is 32.1 Å². The van der Waals surface area contributed by atoms with Crippen LogP contribution in [0.2, 0.25) is 0 Å². The summed E-state index contributed by atoms with van der Waals surface area (Å²) in [5, 5.41) is 4.54. The maximum atomic E-state index is 5.10. The first-order valence-electron chi connectivity index (χ1n) is 4.92. The molecule has 0 amide bonds. The molecule has 1 saturated heterocycles. The van der Waals surface area contributed by atoms with Crippen LogP contribution in [-0.2, 0) is 14.8 Å². The Bertz CT molecular complexity index is 110. The third-order valence-corrected chi connectivity index (χ3v) is 2.87. The zero-order valence-corrected chi connectivity index (χ0v) is 7.33. The van der Waals surface area contributed by atoms with Crippen LogP contribution in [0, 0.1) is 5.92 Å². The van der Waals surface area contributed by atoms with Gasteiger partial charge in [-0.15, -0.1) is 0 Å². The lowest BCUT2D eigenvalue weighted by Crippen LogP contribution is -2.31. The van der Waals surface area contributed by atoms with Crippen LogP contribution in [0.1, 0.15) is 38.5 Å². The van der Waals surface area contributed by atoms with E-state index < -0.39 is 0 Å². The van der Waals surface area contributed by atoms with Gasteiger partial charge in [0.25, 0.3) is 0 Å². The molecule has 0 radical (unpaired) electrons. The molecule has 12 heavy (non-hydrogen) atoms. The summed E-state index contributed by atoms with van der Waals surface area (Å²) in [6.07, 6.45) is 7.98. The minimum Gasteiger partial charge on any atom is -0.206 e. The molecule has 1 unspecified atom stereocenters. The van der Waals surface area contributed by atoms with Crippen molar-refractivity contribution in [2.24, 2.45) is 5.92 Å². The van der Waals surface area contributed by atoms with E-state index in [1.807, 2.05) is 0 Å². The molecule has 2 fully saturated rings. The van der Waals surface area contributed by atoms with Crippen molar-refractivity contribution >= 4 is 0 Å². The summed E-state index contributed by atoms with van der Waals surface area (Å²) in [7, 11) is 0. The van der Waals surface area contributed by atoms with Crippen LogP contribution in [-0.4, -0.2) is 12.7 Å². The molecule has 0 aromatic carbocycles. The topological polar surface area (TPSA) is 27.7 Å². The van der Waals surface area contributed by atoms with Gasteiger partial charge in [-0.05, 0) is 18.8 Å². The standard InChI is InChI=1S/C9H16O3/c1-2-4-8(5-3-1)9-6-7-10-12-11-9/h8-9H,1-7H2. The molecule has 1 saturated carbocycles. The van der Waals surface area contributed by atoms with Crippen molar-refractivity contribution in [1.29, 1.82) is 0 Å². The van der Waals surface area contributed by atoms with E-state index in [0.29, 0.717) is 18.6 Å². The van der Waals surface area contributed by atoms with Crippen LogP contribution < -0.4 is 0 Å². The molecule has 0 aromatic rings. The highest BCUT2D eigenvalue weighted by molar-refractivity contribution is 4.74. The maximum absolute atomic E-state index is 5.10. The molecule has 2 aliphatic rings. The molecular weight excluding hydrogens is 156 g/mol. The zero-order valence-electron chi connectivity index (χ0n) is 7.33. The predicted molar refractivity (Wildman–Crippen MR) is 43.1 cm³/mol. The molecule has 1 aliphatic heterocycles. The Hall–Kier alpha value is -0.120. The Balaban J connectivity index is 1.80. The maximum Gasteiger partial charge on any atom is 0.101 e. The fourth-order valence-corrected chi connectivity index (χ4v) is 2.14. The van der Waals surface area contributed by atoms with Gasteiger partial charge in [0.05, 0.1) is 6.61 Å². The molecular formula is C9H16O3. The smallest absolute Gasteiger partial charge is 0.101 e. The van der Waals surface area contributed by atoms with Crippen molar-refractivity contribution in [3.63, 3.8) is 0 Å². The molecule has 1 aliphatic carbocycles. The van der Waals surface area contributed by atoms with Gasteiger partial charge in [0.2, 0.25) is 0 Å². The van der Waals surface area contributed by atoms with E-state index in [4.69, 9.17) is 4.89 Å². The van der Waals surface area contributed by atoms with Crippen LogP contribution >= 0.6 is 0 Å². The molecule has 1 heterocycles. The van der Waals surface area contributed by atoms with Crippen molar-refractivity contribution in [3.8, 4) is 0 Å². The van der Waals surface area contributed by atoms with Gasteiger partial charge in [0.1, 0.15) is 6.10 Å². The highest BCUT2D eigenvalue weighted by Gasteiger charge is 2.27. The third kappa shape index (κ3) is 1.97. The van der Waals surface area contributed by atoms with E-state index in [2.05, 4.69) is 9.93 Å². The summed E-state index contributed by atoms with van der Waals surface area (Å²) in [6, 6.07) is 0. The third-order valence-electron chi connectivity index (χ3n) is 2.87. The monoisotopic (exact) mass is 172 g/mol. The van der Waals surface area contributed by atoms with E-state index in [1.54, 1.807) is 0 Å². The summed E-state index contributed by atoms with van der Waals surface area (Å²) in [5.74, 6) is 0.711. The first-order valence-corrected chi connectivity index (χ1v) is 4.92. The van der Waals surface area contributed by atoms with Crippen LogP contribution in [0.4, 0.5) is 0 Å². The molecule has 3 nitrogen and oxygen atoms in total. The average molecular weight is 172 g/mol. The molecule has 0 aromatic heterocycles. The Morgan fingerprint density at radius 2 is 1.75 bits per heavy atom. The lowest BCUT2D eigenvalue weighted by Gasteiger charge is -2.30. The zero-order chi connectivity index (χ0) is 8.23. The average Bonchev–Trinajstić information content (AvgIpc) is 2.21. The quantitative estimate of drug-likeness (QED) is 0.567. The number of hydrogen-bond acceptors (Lipinski definition) is 3. The van der Waals surface area contributed by atoms with E-state index in [0.717, 1.165) is 6.42 Å². The SMILES string of the molecule is C1CCC(C2CCOOO2)CC1. The fraction of sp³-hybridized carbons (Fsp3) is 1.00. The van der Waals surface area contributed by atoms with Crippen LogP contribution in [0.25, 0.3) is 0 Å². The van der Waals surface area contributed by atoms with Crippen LogP contribution in [0.15, 0.2) is 0 Å². The second-order valence-electron chi connectivity index (χ2n) is 3.71. The summed E-state index contributed by atoms with van der Waals surface area (Å²) in [4.78, 5) is 9.76. The second-order valence-corrected chi connectivity index (χ2v) is 3.71. The van der Waals surface area contributed by atoms with Gasteiger partial charge in [0, 0.05) is 6.42 Å². The van der Waals surface area contributed by atoms with Crippen molar-refractivity contribution < 1.29 is 14.8 Å². The summed E-state index contributed by atoms with van der Waals surface area (Å²) < 4.78 is 0. The van der Waals surface area contributed by atoms with E-state index in [-0.39, 0.29) is 0 Å². The van der Waals surface area contributed by atoms with E-state index >= 15 is 0 Å². The van der Waals surface area contributed by atoms with Crippen molar-refractivity contribution in [2.75, 3.05) is 6.61 Å². The molecule has 3 heteroatoms. The summed E-state index contributed by atoms with van der Waals surface area (Å²) in [5.41, 5.74) is 0. The van der Waals surface area contributed by atoms with Crippen LogP contribution in [0.5, 0.6) is 0 Å². The van der Waals surface area contributed by atoms with Gasteiger partial charge in [0.15, 0.2) is 0 Å². The molecule has 0 bridgehead atoms. The highest BCUT2D eigenvalue weighted by Crippen LogP contribution is 2.30. The molecule has 0 spiro atoms. The van der Waals surface area contributed by atoms with Gasteiger partial charge in [-0.25, -0.2) is 9.78 Å². The number of hydrogen-bond donors (Lipinski definition) is 0. The highest BCUT2D eigenvalue weighted by atomic mass is 17.5. The Morgan fingerprint density at radius 3 is 2.42 bits per heavy atom. The van der Waals surface area contributed by atoms with Crippen molar-refractivity contribution in [1.82, 2.24) is 0 Å². The van der Waals surface area contributed by atoms with Crippen molar-refractivity contribution in [3.05, 3.63) is 0 Å². The molecule has 2 rings (SSSR count). The van der Waals surface area contributed by atoms with Crippen molar-refractivity contribution in [2.45, 2.75) is 44.6 Å². The minimum absolute atomic E-state index is 0.291. The van der Waals surface area contributed by atoms with Crippen LogP contribution in [0.3, 0.4) is 0 Å². The van der Waals surface area contributed by atoms with Gasteiger partial charge >= 0.3 is 0 Å². The summed E-state index contributed by atoms with van der Waals surface area (Å²) >= 11 is 0. The fourth-order valence-electron chi connectivity index (χ4n) is 2.14. The normalized spacial score (nSPS) is 33.5. The lowest BCUT2D eigenvalue weighted by molar-refractivity contribution is -0.553. The predicted octanol–water partition coefficient (Wildman–Crippen LogP) is 2.22. The Morgan fingerprint density at radius 1 is 0.917 bits per heavy atom. The Kier molecular flexibility index (Phi) is 2.98. The van der Waals surface area contributed by atoms with Gasteiger partial charge in [-0.1, -0.05) is 24.3 Å². The minimum atomic E-state index is 0.291.